The van der Waals surface area contributed by atoms with Crippen molar-refractivity contribution in [1.29, 1.82) is 0 Å². The van der Waals surface area contributed by atoms with Crippen LogP contribution in [0.5, 0.6) is 0 Å². The van der Waals surface area contributed by atoms with Gasteiger partial charge in [0.15, 0.2) is 11.0 Å². The van der Waals surface area contributed by atoms with Gasteiger partial charge in [-0.2, -0.15) is 0 Å². The van der Waals surface area contributed by atoms with E-state index in [4.69, 9.17) is 0 Å². The zero-order valence-electron chi connectivity index (χ0n) is 18.8. The largest absolute Gasteiger partial charge is 0.342 e. The average molecular weight is 452 g/mol. The molecule has 2 aromatic carbocycles. The Hall–Kier alpha value is -3.13. The molecule has 0 aliphatic heterocycles. The number of hydrogen-bond donors (Lipinski definition) is 2. The van der Waals surface area contributed by atoms with Gasteiger partial charge in [0.1, 0.15) is 0 Å². The zero-order chi connectivity index (χ0) is 23.1. The number of aromatic nitrogens is 3. The highest BCUT2D eigenvalue weighted by molar-refractivity contribution is 7.99. The molecule has 0 spiro atoms. The molecule has 168 valence electrons. The number of rotatable bonds is 9. The minimum atomic E-state index is -0.323. The summed E-state index contributed by atoms with van der Waals surface area (Å²) in [5.41, 5.74) is 2.53. The highest BCUT2D eigenvalue weighted by atomic mass is 32.2. The fourth-order valence-corrected chi connectivity index (χ4v) is 4.20. The third-order valence-electron chi connectivity index (χ3n) is 5.02. The summed E-state index contributed by atoms with van der Waals surface area (Å²) in [7, 11) is 0. The van der Waals surface area contributed by atoms with Gasteiger partial charge < -0.3 is 15.2 Å². The first kappa shape index (κ1) is 23.5. The standard InChI is InChI=1S/C24H29N5O2S/c1-5-29-22(17(4)25-23(31)18-11-7-6-8-12-18)27-28-24(29)32-15-21(30)26-20-14-10-9-13-19(20)16(2)3/h6-14,16-17H,5,15H2,1-4H3,(H,25,31)(H,26,30). The summed E-state index contributed by atoms with van der Waals surface area (Å²) in [5, 5.41) is 15.1. The molecule has 1 atom stereocenters. The van der Waals surface area contributed by atoms with Crippen molar-refractivity contribution in [3.63, 3.8) is 0 Å². The molecule has 0 radical (unpaired) electrons. The van der Waals surface area contributed by atoms with Crippen molar-refractivity contribution < 1.29 is 9.59 Å². The lowest BCUT2D eigenvalue weighted by Crippen LogP contribution is -2.28. The van der Waals surface area contributed by atoms with Crippen LogP contribution in [0.1, 0.15) is 61.4 Å². The summed E-state index contributed by atoms with van der Waals surface area (Å²) in [6.07, 6.45) is 0. The van der Waals surface area contributed by atoms with Crippen LogP contribution in [-0.4, -0.2) is 32.3 Å². The van der Waals surface area contributed by atoms with Gasteiger partial charge in [0.25, 0.3) is 5.91 Å². The van der Waals surface area contributed by atoms with E-state index >= 15 is 0 Å². The van der Waals surface area contributed by atoms with Gasteiger partial charge in [-0.3, -0.25) is 9.59 Å². The molecule has 2 amide bonds. The van der Waals surface area contributed by atoms with Gasteiger partial charge in [-0.15, -0.1) is 10.2 Å². The SMILES string of the molecule is CCn1c(SCC(=O)Nc2ccccc2C(C)C)nnc1C(C)NC(=O)c1ccccc1. The Kier molecular flexibility index (Phi) is 8.05. The van der Waals surface area contributed by atoms with Crippen LogP contribution in [0, 0.1) is 0 Å². The summed E-state index contributed by atoms with van der Waals surface area (Å²) < 4.78 is 1.93. The summed E-state index contributed by atoms with van der Waals surface area (Å²) in [5.74, 6) is 0.930. The number of hydrogen-bond acceptors (Lipinski definition) is 5. The molecule has 3 aromatic rings. The van der Waals surface area contributed by atoms with E-state index in [0.717, 1.165) is 11.3 Å². The molecule has 8 heteroatoms. The third kappa shape index (κ3) is 5.76. The lowest BCUT2D eigenvalue weighted by atomic mass is 10.0. The molecule has 0 aliphatic carbocycles. The van der Waals surface area contributed by atoms with Crippen LogP contribution in [0.4, 0.5) is 5.69 Å². The monoisotopic (exact) mass is 451 g/mol. The Labute approximate surface area is 193 Å². The van der Waals surface area contributed by atoms with Gasteiger partial charge in [0, 0.05) is 17.8 Å². The molecular formula is C24H29N5O2S. The topological polar surface area (TPSA) is 88.9 Å². The molecule has 0 fully saturated rings. The molecule has 0 aliphatic rings. The average Bonchev–Trinajstić information content (AvgIpc) is 3.21. The molecule has 3 rings (SSSR count). The fraction of sp³-hybridized carbons (Fsp3) is 0.333. The number of carbonyl (C=O) groups excluding carboxylic acids is 2. The number of benzene rings is 2. The molecule has 1 unspecified atom stereocenters. The molecule has 0 saturated carbocycles. The molecule has 0 saturated heterocycles. The predicted molar refractivity (Wildman–Crippen MR) is 128 cm³/mol. The second-order valence-corrected chi connectivity index (χ2v) is 8.67. The van der Waals surface area contributed by atoms with Crippen LogP contribution in [0.2, 0.25) is 0 Å². The normalized spacial score (nSPS) is 11.9. The Morgan fingerprint density at radius 1 is 1.00 bits per heavy atom. The molecule has 2 N–H and O–H groups in total. The third-order valence-corrected chi connectivity index (χ3v) is 5.99. The Morgan fingerprint density at radius 3 is 2.38 bits per heavy atom. The number of thioether (sulfide) groups is 1. The smallest absolute Gasteiger partial charge is 0.251 e. The number of anilines is 1. The van der Waals surface area contributed by atoms with Crippen LogP contribution >= 0.6 is 11.8 Å². The van der Waals surface area contributed by atoms with Crippen molar-refractivity contribution >= 4 is 29.3 Å². The number of nitrogens with one attached hydrogen (secondary N) is 2. The van der Waals surface area contributed by atoms with Crippen molar-refractivity contribution in [3.8, 4) is 0 Å². The maximum Gasteiger partial charge on any atom is 0.251 e. The minimum absolute atomic E-state index is 0.0965. The van der Waals surface area contributed by atoms with Crippen molar-refractivity contribution in [2.75, 3.05) is 11.1 Å². The van der Waals surface area contributed by atoms with E-state index in [1.54, 1.807) is 12.1 Å². The van der Waals surface area contributed by atoms with E-state index in [1.807, 2.05) is 60.9 Å². The van der Waals surface area contributed by atoms with Crippen LogP contribution in [-0.2, 0) is 11.3 Å². The summed E-state index contributed by atoms with van der Waals surface area (Å²) >= 11 is 1.33. The molecule has 1 heterocycles. The maximum absolute atomic E-state index is 12.6. The van der Waals surface area contributed by atoms with Gasteiger partial charge in [0.2, 0.25) is 5.91 Å². The van der Waals surface area contributed by atoms with Crippen molar-refractivity contribution in [2.24, 2.45) is 0 Å². The van der Waals surface area contributed by atoms with Gasteiger partial charge in [0.05, 0.1) is 11.8 Å². The van der Waals surface area contributed by atoms with Crippen molar-refractivity contribution in [3.05, 3.63) is 71.5 Å². The zero-order valence-corrected chi connectivity index (χ0v) is 19.6. The van der Waals surface area contributed by atoms with E-state index in [1.165, 1.54) is 11.8 Å². The van der Waals surface area contributed by atoms with Gasteiger partial charge in [-0.25, -0.2) is 0 Å². The second kappa shape index (κ2) is 10.9. The first-order valence-electron chi connectivity index (χ1n) is 10.7. The van der Waals surface area contributed by atoms with Crippen molar-refractivity contribution in [1.82, 2.24) is 20.1 Å². The fourth-order valence-electron chi connectivity index (χ4n) is 3.39. The maximum atomic E-state index is 12.6. The Morgan fingerprint density at radius 2 is 1.69 bits per heavy atom. The number of para-hydroxylation sites is 1. The molecular weight excluding hydrogens is 422 g/mol. The molecule has 1 aromatic heterocycles. The van der Waals surface area contributed by atoms with E-state index < -0.39 is 0 Å². The summed E-state index contributed by atoms with van der Waals surface area (Å²) in [6, 6.07) is 16.6. The quantitative estimate of drug-likeness (QED) is 0.463. The van der Waals surface area contributed by atoms with Gasteiger partial charge in [-0.05, 0) is 43.5 Å². The van der Waals surface area contributed by atoms with Crippen LogP contribution < -0.4 is 10.6 Å². The number of carbonyl (C=O) groups is 2. The predicted octanol–water partition coefficient (Wildman–Crippen LogP) is 4.64. The first-order chi connectivity index (χ1) is 15.4. The Balaban J connectivity index is 1.63. The highest BCUT2D eigenvalue weighted by Gasteiger charge is 2.20. The minimum Gasteiger partial charge on any atom is -0.342 e. The molecule has 32 heavy (non-hydrogen) atoms. The van der Waals surface area contributed by atoms with Crippen molar-refractivity contribution in [2.45, 2.75) is 51.4 Å². The van der Waals surface area contributed by atoms with E-state index in [0.29, 0.717) is 29.0 Å². The van der Waals surface area contributed by atoms with E-state index in [2.05, 4.69) is 34.7 Å². The van der Waals surface area contributed by atoms with Crippen LogP contribution in [0.25, 0.3) is 0 Å². The highest BCUT2D eigenvalue weighted by Crippen LogP contribution is 2.25. The second-order valence-electron chi connectivity index (χ2n) is 7.73. The van der Waals surface area contributed by atoms with Gasteiger partial charge >= 0.3 is 0 Å². The summed E-state index contributed by atoms with van der Waals surface area (Å²) in [4.78, 5) is 25.0. The molecule has 7 nitrogen and oxygen atoms in total. The lowest BCUT2D eigenvalue weighted by Gasteiger charge is -2.15. The van der Waals surface area contributed by atoms with Gasteiger partial charge in [-0.1, -0.05) is 62.0 Å². The summed E-state index contributed by atoms with van der Waals surface area (Å²) in [6.45, 7) is 8.70. The number of nitrogens with zero attached hydrogens (tertiary/aromatic N) is 3. The van der Waals surface area contributed by atoms with E-state index in [9.17, 15) is 9.59 Å². The van der Waals surface area contributed by atoms with E-state index in [-0.39, 0.29) is 23.6 Å². The molecule has 0 bridgehead atoms. The first-order valence-corrected chi connectivity index (χ1v) is 11.7. The number of amides is 2. The lowest BCUT2D eigenvalue weighted by molar-refractivity contribution is -0.113. The Bertz CT molecular complexity index is 1070. The van der Waals surface area contributed by atoms with Crippen LogP contribution in [0.3, 0.4) is 0 Å². The van der Waals surface area contributed by atoms with Crippen LogP contribution in [0.15, 0.2) is 59.8 Å².